The van der Waals surface area contributed by atoms with Crippen LogP contribution in [0.15, 0.2) is 0 Å². The van der Waals surface area contributed by atoms with Crippen molar-refractivity contribution in [1.82, 2.24) is 19.5 Å². The molecule has 0 aromatic carbocycles. The van der Waals surface area contributed by atoms with Crippen LogP contribution in [0.5, 0.6) is 0 Å². The second kappa shape index (κ2) is 4.48. The van der Waals surface area contributed by atoms with E-state index in [2.05, 4.69) is 59.7 Å². The highest BCUT2D eigenvalue weighted by Gasteiger charge is 2.14. The van der Waals surface area contributed by atoms with E-state index in [1.54, 1.807) is 4.45 Å². The first-order valence-corrected chi connectivity index (χ1v) is 9.17. The molecule has 74 valence electrons. The first-order chi connectivity index (χ1) is 6.63. The van der Waals surface area contributed by atoms with E-state index in [0.29, 0.717) is 17.2 Å². The summed E-state index contributed by atoms with van der Waals surface area (Å²) in [5.41, 5.74) is 0.687. The molecule has 1 atom stereocenters. The van der Waals surface area contributed by atoms with Crippen LogP contribution in [0.2, 0.25) is 10.4 Å². The maximum atomic E-state index is 5.94. The fourth-order valence-electron chi connectivity index (χ4n) is 0.972. The number of rotatable bonds is 1. The molecule has 0 spiro atoms. The Morgan fingerprint density at radius 3 is 2.64 bits per heavy atom. The van der Waals surface area contributed by atoms with Crippen LogP contribution in [0, 0.1) is 3.70 Å². The zero-order valence-corrected chi connectivity index (χ0v) is 13.1. The monoisotopic (exact) mass is 472 g/mol. The predicted molar refractivity (Wildman–Crippen MR) is 75.8 cm³/mol. The Morgan fingerprint density at radius 1 is 1.29 bits per heavy atom. The molecule has 0 amide bonds. The molecule has 0 radical (unpaired) electrons. The van der Waals surface area contributed by atoms with Gasteiger partial charge in [0.15, 0.2) is 5.65 Å². The van der Waals surface area contributed by atoms with E-state index < -0.39 is 0 Å². The smallest absolute Gasteiger partial charge is 0.218 e. The van der Waals surface area contributed by atoms with Crippen molar-refractivity contribution in [2.45, 2.75) is 0 Å². The van der Waals surface area contributed by atoms with E-state index >= 15 is 0 Å². The van der Waals surface area contributed by atoms with E-state index in [4.69, 9.17) is 23.2 Å². The van der Waals surface area contributed by atoms with Crippen molar-refractivity contribution < 1.29 is 0 Å². The highest BCUT2D eigenvalue weighted by Crippen LogP contribution is 2.33. The lowest BCUT2D eigenvalue weighted by Crippen LogP contribution is -1.89. The molecule has 0 fully saturated rings. The first kappa shape index (κ1) is 11.5. The molecular formula is C5HCl2I2N4P. The van der Waals surface area contributed by atoms with Gasteiger partial charge < -0.3 is 0 Å². The molecule has 0 saturated heterocycles. The molecule has 0 bridgehead atoms. The fourth-order valence-corrected chi connectivity index (χ4v) is 3.90. The predicted octanol–water partition coefficient (Wildman–Crippen LogP) is 3.53. The van der Waals surface area contributed by atoms with Gasteiger partial charge in [0, 0.05) is 0 Å². The van der Waals surface area contributed by atoms with Crippen molar-refractivity contribution in [2.75, 3.05) is 0 Å². The number of hydrogen-bond acceptors (Lipinski definition) is 3. The Morgan fingerprint density at radius 2 is 2.00 bits per heavy atom. The van der Waals surface area contributed by atoms with Gasteiger partial charge in [0.2, 0.25) is 5.28 Å². The molecule has 2 aromatic heterocycles. The summed E-state index contributed by atoms with van der Waals surface area (Å²) < 4.78 is 2.56. The first-order valence-electron chi connectivity index (χ1n) is 3.27. The lowest BCUT2D eigenvalue weighted by molar-refractivity contribution is 1.00. The van der Waals surface area contributed by atoms with Crippen LogP contribution in [0.25, 0.3) is 11.0 Å². The minimum Gasteiger partial charge on any atom is -0.218 e. The van der Waals surface area contributed by atoms with Crippen LogP contribution in [0.1, 0.15) is 0 Å². The number of nitrogens with zero attached hydrogens (tertiary/aromatic N) is 4. The lowest BCUT2D eigenvalue weighted by atomic mass is 10.4. The Kier molecular flexibility index (Phi) is 3.69. The van der Waals surface area contributed by atoms with Gasteiger partial charge in [-0.15, -0.1) is 0 Å². The molecule has 9 heteroatoms. The molecule has 2 aromatic rings. The summed E-state index contributed by atoms with van der Waals surface area (Å²) in [7, 11) is 0. The molecule has 2 rings (SSSR count). The molecule has 0 aliphatic heterocycles. The van der Waals surface area contributed by atoms with Crippen molar-refractivity contribution in [2.24, 2.45) is 0 Å². The van der Waals surface area contributed by atoms with Crippen molar-refractivity contribution in [3.8, 4) is 0 Å². The Bertz CT molecular complexity index is 502. The van der Waals surface area contributed by atoms with Gasteiger partial charge in [-0.3, -0.25) is 0 Å². The summed E-state index contributed by atoms with van der Waals surface area (Å²) in [6.07, 6.45) is 0.461. The number of hydrogen-bond donors (Lipinski definition) is 0. The number of aromatic nitrogens is 4. The third-order valence-corrected chi connectivity index (χ3v) is 4.53. The highest BCUT2D eigenvalue weighted by molar-refractivity contribution is 14.2. The lowest BCUT2D eigenvalue weighted by Gasteiger charge is -1.96. The molecule has 1 unspecified atom stereocenters. The summed E-state index contributed by atoms with van der Waals surface area (Å²) in [6, 6.07) is 0. The molecule has 0 N–H and O–H groups in total. The summed E-state index contributed by atoms with van der Waals surface area (Å²) >= 11 is 16.0. The van der Waals surface area contributed by atoms with Crippen molar-refractivity contribution in [3.05, 3.63) is 14.1 Å². The Hall–Kier alpha value is 1.02. The normalized spacial score (nSPS) is 12.0. The molecule has 14 heavy (non-hydrogen) atoms. The van der Waals surface area contributed by atoms with Gasteiger partial charge in [-0.2, -0.15) is 10.1 Å². The summed E-state index contributed by atoms with van der Waals surface area (Å²) in [6.45, 7) is 0. The van der Waals surface area contributed by atoms with Crippen LogP contribution in [-0.4, -0.2) is 19.5 Å². The highest BCUT2D eigenvalue weighted by atomic mass is 127. The molecule has 0 aliphatic carbocycles. The zero-order valence-electron chi connectivity index (χ0n) is 6.30. The minimum atomic E-state index is 0.148. The molecule has 0 aliphatic rings. The van der Waals surface area contributed by atoms with Crippen LogP contribution < -0.4 is 0 Å². The van der Waals surface area contributed by atoms with Gasteiger partial charge in [-0.1, -0.05) is 11.6 Å². The molecule has 2 heterocycles. The van der Waals surface area contributed by atoms with Crippen molar-refractivity contribution in [3.63, 3.8) is 0 Å². The van der Waals surface area contributed by atoms with Crippen LogP contribution in [-0.2, 0) is 0 Å². The average molecular weight is 473 g/mol. The van der Waals surface area contributed by atoms with Gasteiger partial charge in [0.25, 0.3) is 0 Å². The van der Waals surface area contributed by atoms with Gasteiger partial charge in [0.05, 0.1) is 11.8 Å². The van der Waals surface area contributed by atoms with E-state index in [0.717, 1.165) is 9.09 Å². The largest absolute Gasteiger partial charge is 0.225 e. The number of fused-ring (bicyclic) bond motifs is 1. The van der Waals surface area contributed by atoms with Gasteiger partial charge in [-0.05, 0) is 56.2 Å². The van der Waals surface area contributed by atoms with Gasteiger partial charge >= 0.3 is 0 Å². The van der Waals surface area contributed by atoms with Crippen molar-refractivity contribution >= 4 is 85.2 Å². The molecular weight excluding hydrogens is 472 g/mol. The summed E-state index contributed by atoms with van der Waals surface area (Å²) in [4.78, 5) is 7.97. The quantitative estimate of drug-likeness (QED) is 0.276. The Labute approximate surface area is 118 Å². The van der Waals surface area contributed by atoms with E-state index in [-0.39, 0.29) is 5.28 Å². The van der Waals surface area contributed by atoms with E-state index in [1.165, 1.54) is 0 Å². The van der Waals surface area contributed by atoms with Crippen LogP contribution in [0.4, 0.5) is 0 Å². The summed E-state index contributed by atoms with van der Waals surface area (Å²) in [5, 5.41) is 5.54. The molecule has 4 nitrogen and oxygen atoms in total. The van der Waals surface area contributed by atoms with Gasteiger partial charge in [-0.25, -0.2) is 9.44 Å². The SMILES string of the molecule is Clc1nc(Cl)c2c(I)nn(PI)c2n1. The van der Waals surface area contributed by atoms with Crippen LogP contribution >= 0.6 is 74.2 Å². The second-order valence-electron chi connectivity index (χ2n) is 2.27. The second-order valence-corrected chi connectivity index (χ2v) is 6.03. The average Bonchev–Trinajstić information content (AvgIpc) is 2.42. The maximum absolute atomic E-state index is 5.94. The van der Waals surface area contributed by atoms with Gasteiger partial charge in [0.1, 0.15) is 8.85 Å². The fraction of sp³-hybridized carbons (Fsp3) is 0. The van der Waals surface area contributed by atoms with E-state index in [1.807, 2.05) is 0 Å². The Balaban J connectivity index is 2.89. The summed E-state index contributed by atoms with van der Waals surface area (Å²) in [5.74, 6) is 0. The van der Waals surface area contributed by atoms with E-state index in [9.17, 15) is 0 Å². The zero-order chi connectivity index (χ0) is 10.3. The molecule has 0 saturated carbocycles. The maximum Gasteiger partial charge on any atom is 0.225 e. The minimum absolute atomic E-state index is 0.148. The third-order valence-electron chi connectivity index (χ3n) is 1.49. The third kappa shape index (κ3) is 1.95. The van der Waals surface area contributed by atoms with Crippen molar-refractivity contribution in [1.29, 1.82) is 0 Å². The van der Waals surface area contributed by atoms with Crippen LogP contribution in [0.3, 0.4) is 0 Å². The number of halogens is 4. The topological polar surface area (TPSA) is 43.6 Å². The standard InChI is InChI=1S/C5HCl2I2N4P/c6-2-1-3(8)12-13(14-9)4(1)11-5(7)10-2/h14H.